The number of ketones is 1. The van der Waals surface area contributed by atoms with Crippen LogP contribution in [0.5, 0.6) is 5.75 Å². The Balaban J connectivity index is 1.70. The zero-order valence-corrected chi connectivity index (χ0v) is 14.5. The summed E-state index contributed by atoms with van der Waals surface area (Å²) >= 11 is 0. The predicted molar refractivity (Wildman–Crippen MR) is 97.6 cm³/mol. The van der Waals surface area contributed by atoms with Gasteiger partial charge >= 0.3 is 0 Å². The molecule has 1 heterocycles. The first kappa shape index (κ1) is 18.2. The minimum absolute atomic E-state index is 0.0869. The van der Waals surface area contributed by atoms with Gasteiger partial charge in [-0.25, -0.2) is 0 Å². The Kier molecular flexibility index (Phi) is 8.02. The van der Waals surface area contributed by atoms with Gasteiger partial charge in [-0.15, -0.1) is 0 Å². The lowest BCUT2D eigenvalue weighted by molar-refractivity contribution is 0.0992. The number of benzene rings is 1. The zero-order chi connectivity index (χ0) is 17.0. The maximum absolute atomic E-state index is 12.1. The molecule has 2 aromatic rings. The molecule has 0 aliphatic heterocycles. The van der Waals surface area contributed by atoms with E-state index in [0.717, 1.165) is 30.0 Å². The van der Waals surface area contributed by atoms with E-state index < -0.39 is 0 Å². The van der Waals surface area contributed by atoms with Gasteiger partial charge in [-0.2, -0.15) is 0 Å². The molecule has 0 N–H and O–H groups in total. The summed E-state index contributed by atoms with van der Waals surface area (Å²) in [5.41, 5.74) is 1.50. The van der Waals surface area contributed by atoms with Crippen LogP contribution in [-0.2, 0) is 6.42 Å². The van der Waals surface area contributed by atoms with E-state index in [0.29, 0.717) is 6.42 Å². The van der Waals surface area contributed by atoms with E-state index in [1.807, 2.05) is 42.5 Å². The Hall–Kier alpha value is -2.16. The second kappa shape index (κ2) is 10.6. The number of ether oxygens (including phenoxy) is 1. The fourth-order valence-electron chi connectivity index (χ4n) is 2.56. The highest BCUT2D eigenvalue weighted by Gasteiger charge is 2.07. The summed E-state index contributed by atoms with van der Waals surface area (Å²) in [6.45, 7) is 2.96. The number of Topliss-reactive ketones (excluding diaryl/α,β-unsaturated/α-hetero) is 1. The highest BCUT2D eigenvalue weighted by atomic mass is 16.5. The van der Waals surface area contributed by atoms with Gasteiger partial charge in [0.1, 0.15) is 5.75 Å². The average molecular weight is 325 g/mol. The predicted octanol–water partition coefficient (Wildman–Crippen LogP) is 5.25. The molecule has 0 saturated carbocycles. The zero-order valence-electron chi connectivity index (χ0n) is 14.5. The number of unbranched alkanes of at least 4 members (excludes halogenated alkanes) is 5. The van der Waals surface area contributed by atoms with Crippen LogP contribution in [0.2, 0.25) is 0 Å². The molecule has 2 rings (SSSR count). The standard InChI is InChI=1S/C21H27NO2/c1-2-3-4-5-6-10-15-24-20-14-13-19(22-17-20)16-21(23)18-11-8-7-9-12-18/h7-9,11-14,17H,2-6,10,15-16H2,1H3. The second-order valence-corrected chi connectivity index (χ2v) is 6.07. The number of hydrogen-bond acceptors (Lipinski definition) is 3. The van der Waals surface area contributed by atoms with E-state index in [1.165, 1.54) is 32.1 Å². The van der Waals surface area contributed by atoms with Gasteiger partial charge in [0.2, 0.25) is 0 Å². The van der Waals surface area contributed by atoms with E-state index in [9.17, 15) is 4.79 Å². The van der Waals surface area contributed by atoms with Crippen molar-refractivity contribution >= 4 is 5.78 Å². The molecular weight excluding hydrogens is 298 g/mol. The molecule has 24 heavy (non-hydrogen) atoms. The van der Waals surface area contributed by atoms with Crippen LogP contribution < -0.4 is 4.74 Å². The van der Waals surface area contributed by atoms with Crippen molar-refractivity contribution in [2.45, 2.75) is 51.9 Å². The third-order valence-corrected chi connectivity index (χ3v) is 4.00. The Morgan fingerprint density at radius 3 is 2.42 bits per heavy atom. The molecular formula is C21H27NO2. The summed E-state index contributed by atoms with van der Waals surface area (Å²) in [5.74, 6) is 0.864. The van der Waals surface area contributed by atoms with Crippen LogP contribution in [-0.4, -0.2) is 17.4 Å². The van der Waals surface area contributed by atoms with Crippen LogP contribution in [0, 0.1) is 0 Å². The van der Waals surface area contributed by atoms with Crippen LogP contribution in [0.3, 0.4) is 0 Å². The average Bonchev–Trinajstić information content (AvgIpc) is 2.63. The van der Waals surface area contributed by atoms with Crippen molar-refractivity contribution in [3.05, 3.63) is 59.9 Å². The first-order valence-electron chi connectivity index (χ1n) is 8.95. The SMILES string of the molecule is CCCCCCCCOc1ccc(CC(=O)c2ccccc2)nc1. The van der Waals surface area contributed by atoms with Crippen LogP contribution >= 0.6 is 0 Å². The van der Waals surface area contributed by atoms with E-state index in [4.69, 9.17) is 4.74 Å². The maximum Gasteiger partial charge on any atom is 0.168 e. The van der Waals surface area contributed by atoms with E-state index in [1.54, 1.807) is 6.20 Å². The summed E-state index contributed by atoms with van der Waals surface area (Å²) < 4.78 is 5.71. The summed E-state index contributed by atoms with van der Waals surface area (Å²) in [4.78, 5) is 16.5. The normalized spacial score (nSPS) is 10.5. The van der Waals surface area contributed by atoms with E-state index >= 15 is 0 Å². The molecule has 0 spiro atoms. The second-order valence-electron chi connectivity index (χ2n) is 6.07. The van der Waals surface area contributed by atoms with E-state index in [-0.39, 0.29) is 5.78 Å². The molecule has 0 amide bonds. The van der Waals surface area contributed by atoms with Gasteiger partial charge in [-0.1, -0.05) is 69.4 Å². The Bertz CT molecular complexity index is 593. The van der Waals surface area contributed by atoms with Crippen molar-refractivity contribution in [3.63, 3.8) is 0 Å². The lowest BCUT2D eigenvalue weighted by Gasteiger charge is -2.07. The van der Waals surface area contributed by atoms with E-state index in [2.05, 4.69) is 11.9 Å². The van der Waals surface area contributed by atoms with Crippen molar-refractivity contribution in [2.24, 2.45) is 0 Å². The topological polar surface area (TPSA) is 39.2 Å². The molecule has 0 aliphatic carbocycles. The van der Waals surface area contributed by atoms with Gasteiger partial charge in [0, 0.05) is 11.3 Å². The number of nitrogens with zero attached hydrogens (tertiary/aromatic N) is 1. The first-order valence-corrected chi connectivity index (χ1v) is 8.95. The number of rotatable bonds is 11. The molecule has 1 aromatic carbocycles. The first-order chi connectivity index (χ1) is 11.8. The minimum Gasteiger partial charge on any atom is -0.492 e. The molecule has 0 saturated heterocycles. The monoisotopic (exact) mass is 325 g/mol. The maximum atomic E-state index is 12.1. The molecule has 3 heteroatoms. The van der Waals surface area contributed by atoms with Crippen LogP contribution in [0.15, 0.2) is 48.7 Å². The highest BCUT2D eigenvalue weighted by Crippen LogP contribution is 2.13. The summed E-state index contributed by atoms with van der Waals surface area (Å²) in [7, 11) is 0. The van der Waals surface area contributed by atoms with Gasteiger partial charge in [-0.3, -0.25) is 9.78 Å². The third kappa shape index (κ3) is 6.53. The molecule has 0 radical (unpaired) electrons. The number of carbonyl (C=O) groups is 1. The van der Waals surface area contributed by atoms with Gasteiger partial charge in [-0.05, 0) is 18.6 Å². The van der Waals surface area contributed by atoms with Crippen LogP contribution in [0.1, 0.15) is 61.5 Å². The molecule has 0 bridgehead atoms. The van der Waals surface area contributed by atoms with Gasteiger partial charge in [0.25, 0.3) is 0 Å². The summed E-state index contributed by atoms with van der Waals surface area (Å²) in [6, 6.07) is 13.1. The fourth-order valence-corrected chi connectivity index (χ4v) is 2.56. The summed E-state index contributed by atoms with van der Waals surface area (Å²) in [6.07, 6.45) is 9.55. The lowest BCUT2D eigenvalue weighted by atomic mass is 10.1. The number of carbonyl (C=O) groups excluding carboxylic acids is 1. The molecule has 0 fully saturated rings. The Morgan fingerprint density at radius 1 is 0.958 bits per heavy atom. The van der Waals surface area contributed by atoms with Crippen LogP contribution in [0.25, 0.3) is 0 Å². The third-order valence-electron chi connectivity index (χ3n) is 4.00. The number of hydrogen-bond donors (Lipinski definition) is 0. The largest absolute Gasteiger partial charge is 0.492 e. The molecule has 1 aromatic heterocycles. The van der Waals surface area contributed by atoms with Crippen molar-refractivity contribution in [3.8, 4) is 5.75 Å². The molecule has 0 atom stereocenters. The van der Waals surface area contributed by atoms with Crippen LogP contribution in [0.4, 0.5) is 0 Å². The quantitative estimate of drug-likeness (QED) is 0.418. The molecule has 3 nitrogen and oxygen atoms in total. The van der Waals surface area contributed by atoms with Gasteiger partial charge in [0.05, 0.1) is 19.2 Å². The minimum atomic E-state index is 0.0869. The van der Waals surface area contributed by atoms with Crippen molar-refractivity contribution in [1.82, 2.24) is 4.98 Å². The molecule has 0 unspecified atom stereocenters. The highest BCUT2D eigenvalue weighted by molar-refractivity contribution is 5.97. The summed E-state index contributed by atoms with van der Waals surface area (Å²) in [5, 5.41) is 0. The van der Waals surface area contributed by atoms with Gasteiger partial charge < -0.3 is 4.74 Å². The molecule has 0 aliphatic rings. The smallest absolute Gasteiger partial charge is 0.168 e. The number of pyridine rings is 1. The van der Waals surface area contributed by atoms with Gasteiger partial charge in [0.15, 0.2) is 5.78 Å². The molecule has 128 valence electrons. The fraction of sp³-hybridized carbons (Fsp3) is 0.429. The van der Waals surface area contributed by atoms with Crippen molar-refractivity contribution < 1.29 is 9.53 Å². The Labute approximate surface area is 145 Å². The number of aromatic nitrogens is 1. The lowest BCUT2D eigenvalue weighted by Crippen LogP contribution is -2.05. The Morgan fingerprint density at radius 2 is 1.71 bits per heavy atom. The van der Waals surface area contributed by atoms with Crippen molar-refractivity contribution in [2.75, 3.05) is 6.61 Å². The van der Waals surface area contributed by atoms with Crippen molar-refractivity contribution in [1.29, 1.82) is 0 Å².